The molecule has 0 unspecified atom stereocenters. The Hall–Kier alpha value is -2.06. The summed E-state index contributed by atoms with van der Waals surface area (Å²) in [6, 6.07) is 1.68. The molecule has 11 nitrogen and oxygen atoms in total. The minimum atomic E-state index is -4.25. The molecule has 0 N–H and O–H groups in total. The predicted molar refractivity (Wildman–Crippen MR) is 98.0 cm³/mol. The molecule has 0 aliphatic carbocycles. The van der Waals surface area contributed by atoms with Gasteiger partial charge in [-0.2, -0.15) is 25.3 Å². The molecule has 0 amide bonds. The first-order valence-electron chi connectivity index (χ1n) is 7.82. The zero-order valence-corrected chi connectivity index (χ0v) is 17.9. The van der Waals surface area contributed by atoms with Crippen LogP contribution in [0.15, 0.2) is 12.1 Å². The average Bonchev–Trinajstić information content (AvgIpc) is 2.62. The fraction of sp³-hybridized carbons (Fsp3) is 0.500. The third-order valence-electron chi connectivity index (χ3n) is 3.15. The lowest BCUT2D eigenvalue weighted by Gasteiger charge is -2.16. The van der Waals surface area contributed by atoms with E-state index in [-0.39, 0.29) is 5.56 Å². The van der Waals surface area contributed by atoms with Gasteiger partial charge in [0.15, 0.2) is 11.5 Å². The van der Waals surface area contributed by atoms with Crippen LogP contribution in [0.25, 0.3) is 0 Å². The maximum Gasteiger partial charge on any atom is 0.338 e. The Morgan fingerprint density at radius 3 is 1.43 bits per heavy atom. The van der Waals surface area contributed by atoms with Crippen molar-refractivity contribution in [2.45, 2.75) is 20.8 Å². The lowest BCUT2D eigenvalue weighted by molar-refractivity contribution is 0.0600. The first-order valence-corrected chi connectivity index (χ1v) is 12.6. The average molecular weight is 461 g/mol. The van der Waals surface area contributed by atoms with Gasteiger partial charge < -0.3 is 17.3 Å². The van der Waals surface area contributed by atoms with Gasteiger partial charge in [-0.25, -0.2) is 4.79 Å². The molecule has 0 saturated heterocycles. The van der Waals surface area contributed by atoms with E-state index in [9.17, 15) is 30.0 Å². The summed E-state index contributed by atoms with van der Waals surface area (Å²) in [5, 5.41) is 0. The summed E-state index contributed by atoms with van der Waals surface area (Å²) in [7, 11) is -11.6. The summed E-state index contributed by atoms with van der Waals surface area (Å²) >= 11 is 0. The fourth-order valence-electron chi connectivity index (χ4n) is 1.60. The molecule has 0 aliphatic heterocycles. The number of hydrogen-bond donors (Lipinski definition) is 0. The van der Waals surface area contributed by atoms with E-state index in [4.69, 9.17) is 12.5 Å². The summed E-state index contributed by atoms with van der Waals surface area (Å²) in [5.74, 6) is -4.83. The Balaban J connectivity index is 3.82. The van der Waals surface area contributed by atoms with E-state index in [0.717, 1.165) is 19.2 Å². The Morgan fingerprint density at radius 1 is 0.750 bits per heavy atom. The lowest BCUT2D eigenvalue weighted by Crippen LogP contribution is -2.18. The monoisotopic (exact) mass is 460 g/mol. The van der Waals surface area contributed by atoms with Gasteiger partial charge in [0, 0.05) is 12.1 Å². The van der Waals surface area contributed by atoms with Crippen molar-refractivity contribution in [3.05, 3.63) is 17.7 Å². The molecule has 0 bridgehead atoms. The fourth-order valence-corrected chi connectivity index (χ4v) is 3.16. The van der Waals surface area contributed by atoms with Crippen LogP contribution in [0.1, 0.15) is 31.1 Å². The third-order valence-corrected chi connectivity index (χ3v) is 6.56. The van der Waals surface area contributed by atoms with Crippen LogP contribution in [0.2, 0.25) is 0 Å². The molecule has 0 aliphatic rings. The number of carbonyl (C=O) groups is 1. The molecule has 0 atom stereocenters. The van der Waals surface area contributed by atoms with Crippen LogP contribution in [-0.2, 0) is 35.1 Å². The SMILES string of the molecule is CCS(=O)(=O)Oc1cc(C(=O)OC)cc(OS(=O)(=O)CC)c1OS(=O)(=O)CC. The first kappa shape index (κ1) is 24.0. The van der Waals surface area contributed by atoms with Crippen molar-refractivity contribution in [2.24, 2.45) is 0 Å². The maximum atomic E-state index is 11.9. The number of benzene rings is 1. The molecule has 14 heteroatoms. The molecule has 1 aromatic rings. The van der Waals surface area contributed by atoms with Gasteiger partial charge in [0.1, 0.15) is 0 Å². The van der Waals surface area contributed by atoms with Crippen LogP contribution in [0.4, 0.5) is 0 Å². The molecular formula is C14H20O11S3. The molecule has 160 valence electrons. The van der Waals surface area contributed by atoms with Crippen molar-refractivity contribution in [1.82, 2.24) is 0 Å². The van der Waals surface area contributed by atoms with Crippen molar-refractivity contribution >= 4 is 36.3 Å². The molecule has 1 aromatic carbocycles. The van der Waals surface area contributed by atoms with E-state index in [1.165, 1.54) is 20.8 Å². The van der Waals surface area contributed by atoms with Crippen molar-refractivity contribution in [3.8, 4) is 17.2 Å². The van der Waals surface area contributed by atoms with Crippen molar-refractivity contribution in [3.63, 3.8) is 0 Å². The highest BCUT2D eigenvalue weighted by atomic mass is 32.2. The van der Waals surface area contributed by atoms with Gasteiger partial charge in [-0.15, -0.1) is 0 Å². The van der Waals surface area contributed by atoms with Crippen LogP contribution < -0.4 is 12.5 Å². The molecule has 1 rings (SSSR count). The first-order chi connectivity index (χ1) is 12.8. The smallest absolute Gasteiger partial charge is 0.338 e. The van der Waals surface area contributed by atoms with Crippen molar-refractivity contribution < 1.29 is 47.3 Å². The largest absolute Gasteiger partial charge is 0.465 e. The van der Waals surface area contributed by atoms with Gasteiger partial charge in [-0.3, -0.25) is 0 Å². The van der Waals surface area contributed by atoms with E-state index in [1.54, 1.807) is 0 Å². The minimum Gasteiger partial charge on any atom is -0.465 e. The van der Waals surface area contributed by atoms with Crippen LogP contribution in [0.5, 0.6) is 17.2 Å². The second kappa shape index (κ2) is 8.96. The molecule has 0 spiro atoms. The summed E-state index contributed by atoms with van der Waals surface area (Å²) < 4.78 is 90.1. The summed E-state index contributed by atoms with van der Waals surface area (Å²) in [5.41, 5.74) is -0.355. The van der Waals surface area contributed by atoms with Crippen LogP contribution in [-0.4, -0.2) is 55.6 Å². The van der Waals surface area contributed by atoms with Gasteiger partial charge in [0.05, 0.1) is 29.9 Å². The highest BCUT2D eigenvalue weighted by Crippen LogP contribution is 2.41. The van der Waals surface area contributed by atoms with E-state index in [1.807, 2.05) is 0 Å². The molecule has 0 saturated carbocycles. The number of hydrogen-bond acceptors (Lipinski definition) is 11. The Bertz CT molecular complexity index is 981. The quantitative estimate of drug-likeness (QED) is 0.357. The molecule has 0 heterocycles. The topological polar surface area (TPSA) is 156 Å². The van der Waals surface area contributed by atoms with E-state index in [2.05, 4.69) is 4.74 Å². The number of rotatable bonds is 10. The Morgan fingerprint density at radius 2 is 1.11 bits per heavy atom. The van der Waals surface area contributed by atoms with Crippen LogP contribution in [0.3, 0.4) is 0 Å². The van der Waals surface area contributed by atoms with Crippen molar-refractivity contribution in [2.75, 3.05) is 24.4 Å². The summed E-state index contributed by atoms with van der Waals surface area (Å²) in [4.78, 5) is 11.8. The van der Waals surface area contributed by atoms with E-state index >= 15 is 0 Å². The molecule has 0 fully saturated rings. The second-order valence-corrected chi connectivity index (χ2v) is 10.7. The molecule has 0 radical (unpaired) electrons. The summed E-state index contributed by atoms with van der Waals surface area (Å²) in [6.07, 6.45) is 0. The lowest BCUT2D eigenvalue weighted by atomic mass is 10.2. The normalized spacial score (nSPS) is 12.3. The maximum absolute atomic E-state index is 11.9. The number of esters is 1. The van der Waals surface area contributed by atoms with Gasteiger partial charge in [0.2, 0.25) is 5.75 Å². The minimum absolute atomic E-state index is 0.355. The number of ether oxygens (including phenoxy) is 1. The van der Waals surface area contributed by atoms with Crippen molar-refractivity contribution in [1.29, 1.82) is 0 Å². The second-order valence-electron chi connectivity index (χ2n) is 5.08. The van der Waals surface area contributed by atoms with E-state index in [0.29, 0.717) is 0 Å². The van der Waals surface area contributed by atoms with Gasteiger partial charge in [0.25, 0.3) is 0 Å². The van der Waals surface area contributed by atoms with Gasteiger partial charge >= 0.3 is 36.3 Å². The Kier molecular flexibility index (Phi) is 7.67. The molecule has 28 heavy (non-hydrogen) atoms. The summed E-state index contributed by atoms with van der Waals surface area (Å²) in [6.45, 7) is 3.74. The zero-order chi connectivity index (χ0) is 21.8. The van der Waals surface area contributed by atoms with Crippen LogP contribution >= 0.6 is 0 Å². The van der Waals surface area contributed by atoms with Gasteiger partial charge in [-0.1, -0.05) is 0 Å². The molecule has 0 aromatic heterocycles. The molecular weight excluding hydrogens is 440 g/mol. The standard InChI is InChI=1S/C14H20O11S3/c1-5-26(16,17)23-11-8-10(14(15)22-4)9-12(24-27(18,19)6-2)13(11)25-28(20,21)7-3/h8-9H,5-7H2,1-4H3. The highest BCUT2D eigenvalue weighted by molar-refractivity contribution is 7.87. The predicted octanol–water partition coefficient (Wildman–Crippen LogP) is 0.659. The zero-order valence-electron chi connectivity index (χ0n) is 15.5. The Labute approximate surface area is 163 Å². The highest BCUT2D eigenvalue weighted by Gasteiger charge is 2.28. The number of methoxy groups -OCH3 is 1. The van der Waals surface area contributed by atoms with E-state index < -0.39 is 70.8 Å². The van der Waals surface area contributed by atoms with Gasteiger partial charge in [-0.05, 0) is 20.8 Å². The number of carbonyl (C=O) groups excluding carboxylic acids is 1. The van der Waals surface area contributed by atoms with Crippen LogP contribution in [0, 0.1) is 0 Å². The third kappa shape index (κ3) is 6.53.